The second kappa shape index (κ2) is 13.3. The maximum absolute atomic E-state index is 13.0. The third kappa shape index (κ3) is 7.14. The Morgan fingerprint density at radius 1 is 0.907 bits per heavy atom. The normalized spacial score (nSPS) is 11.5. The van der Waals surface area contributed by atoms with Gasteiger partial charge in [-0.15, -0.1) is 0 Å². The van der Waals surface area contributed by atoms with E-state index in [1.807, 2.05) is 77.4 Å². The predicted octanol–water partition coefficient (Wildman–Crippen LogP) is 3.90. The molecule has 7 N–H and O–H groups in total. The third-order valence-electron chi connectivity index (χ3n) is 6.75. The Morgan fingerprint density at radius 3 is 2.44 bits per heavy atom. The Morgan fingerprint density at radius 2 is 1.70 bits per heavy atom. The Bertz CT molecular complexity index is 1750. The molecule has 0 aliphatic heterocycles. The van der Waals surface area contributed by atoms with E-state index in [1.54, 1.807) is 24.4 Å². The standard InChI is InChI=1S/C32H32N8O3/c33-29(41)28(13-7-17-37-32(34)35)40-27-15-14-22(31(42)38-20-23-9-4-5-16-36-23)19-26(27)39-30(40)21-8-6-12-25(18-21)43-24-10-2-1-3-11-24/h1-6,8-12,14-16,18-19,28H,7,13,17,20H2,(H2,33,41)(H,38,42)(H4,34,35,37)/t28-/m1/s1. The fourth-order valence-corrected chi connectivity index (χ4v) is 4.75. The molecule has 0 radical (unpaired) electrons. The van der Waals surface area contributed by atoms with Crippen molar-refractivity contribution in [3.63, 3.8) is 0 Å². The van der Waals surface area contributed by atoms with Crippen LogP contribution in [-0.4, -0.2) is 38.9 Å². The van der Waals surface area contributed by atoms with Crippen molar-refractivity contribution < 1.29 is 14.3 Å². The van der Waals surface area contributed by atoms with E-state index < -0.39 is 11.9 Å². The Balaban J connectivity index is 1.52. The van der Waals surface area contributed by atoms with Crippen LogP contribution in [-0.2, 0) is 11.3 Å². The summed E-state index contributed by atoms with van der Waals surface area (Å²) < 4.78 is 7.86. The van der Waals surface area contributed by atoms with Gasteiger partial charge in [0.15, 0.2) is 5.96 Å². The molecule has 218 valence electrons. The number of primary amides is 1. The van der Waals surface area contributed by atoms with E-state index in [0.29, 0.717) is 58.9 Å². The highest BCUT2D eigenvalue weighted by Gasteiger charge is 2.25. The van der Waals surface area contributed by atoms with Gasteiger partial charge in [-0.3, -0.25) is 19.6 Å². The Hall–Kier alpha value is -5.71. The van der Waals surface area contributed by atoms with Crippen LogP contribution in [0.2, 0.25) is 0 Å². The van der Waals surface area contributed by atoms with Crippen molar-refractivity contribution in [2.45, 2.75) is 25.4 Å². The number of nitrogens with one attached hydrogen (secondary N) is 1. The molecular formula is C32H32N8O3. The summed E-state index contributed by atoms with van der Waals surface area (Å²) in [5.74, 6) is 0.966. The highest BCUT2D eigenvalue weighted by molar-refractivity contribution is 5.98. The molecule has 0 saturated heterocycles. The minimum atomic E-state index is -0.753. The third-order valence-corrected chi connectivity index (χ3v) is 6.75. The first kappa shape index (κ1) is 28.8. The minimum Gasteiger partial charge on any atom is -0.457 e. The number of carbonyl (C=O) groups is 2. The summed E-state index contributed by atoms with van der Waals surface area (Å²) in [7, 11) is 0. The van der Waals surface area contributed by atoms with Crippen LogP contribution in [0.5, 0.6) is 11.5 Å². The topological polar surface area (TPSA) is 177 Å². The van der Waals surface area contributed by atoms with Crippen molar-refractivity contribution in [2.75, 3.05) is 6.54 Å². The van der Waals surface area contributed by atoms with Crippen LogP contribution in [0.15, 0.2) is 102 Å². The molecule has 2 aromatic heterocycles. The van der Waals surface area contributed by atoms with Crippen molar-refractivity contribution >= 4 is 28.8 Å². The highest BCUT2D eigenvalue weighted by atomic mass is 16.5. The maximum atomic E-state index is 13.0. The van der Waals surface area contributed by atoms with Gasteiger partial charge < -0.3 is 31.8 Å². The fourth-order valence-electron chi connectivity index (χ4n) is 4.75. The number of hydrogen-bond donors (Lipinski definition) is 4. The zero-order valence-corrected chi connectivity index (χ0v) is 23.4. The van der Waals surface area contributed by atoms with Crippen LogP contribution in [0.4, 0.5) is 0 Å². The summed E-state index contributed by atoms with van der Waals surface area (Å²) in [5, 5.41) is 2.89. The van der Waals surface area contributed by atoms with Gasteiger partial charge in [-0.05, 0) is 67.4 Å². The SMILES string of the molecule is NC(=O)[C@@H](CCCN=C(N)N)n1c(-c2cccc(Oc3ccccc3)c2)nc2cc(C(=O)NCc3ccccn3)ccc21. The molecule has 1 atom stereocenters. The van der Waals surface area contributed by atoms with Gasteiger partial charge in [0.05, 0.1) is 23.3 Å². The highest BCUT2D eigenvalue weighted by Crippen LogP contribution is 2.33. The number of imidazole rings is 1. The maximum Gasteiger partial charge on any atom is 0.251 e. The minimum absolute atomic E-state index is 0.0199. The summed E-state index contributed by atoms with van der Waals surface area (Å²) in [6.07, 6.45) is 2.56. The lowest BCUT2D eigenvalue weighted by molar-refractivity contribution is -0.121. The summed E-state index contributed by atoms with van der Waals surface area (Å²) >= 11 is 0. The van der Waals surface area contributed by atoms with E-state index in [0.717, 1.165) is 5.69 Å². The number of carbonyl (C=O) groups excluding carboxylic acids is 2. The van der Waals surface area contributed by atoms with E-state index in [2.05, 4.69) is 15.3 Å². The molecule has 3 aromatic carbocycles. The lowest BCUT2D eigenvalue weighted by atomic mass is 10.1. The van der Waals surface area contributed by atoms with Crippen LogP contribution in [0.3, 0.4) is 0 Å². The number of ether oxygens (including phenoxy) is 1. The van der Waals surface area contributed by atoms with Gasteiger partial charge >= 0.3 is 0 Å². The molecule has 2 amide bonds. The molecule has 11 heteroatoms. The van der Waals surface area contributed by atoms with Crippen molar-refractivity contribution in [1.29, 1.82) is 0 Å². The smallest absolute Gasteiger partial charge is 0.251 e. The number of para-hydroxylation sites is 1. The first-order valence-corrected chi connectivity index (χ1v) is 13.8. The number of amides is 2. The lowest BCUT2D eigenvalue weighted by Gasteiger charge is -2.19. The van der Waals surface area contributed by atoms with Gasteiger partial charge in [-0.25, -0.2) is 4.98 Å². The van der Waals surface area contributed by atoms with E-state index in [9.17, 15) is 9.59 Å². The van der Waals surface area contributed by atoms with Crippen LogP contribution in [0.1, 0.15) is 34.9 Å². The van der Waals surface area contributed by atoms with Crippen molar-refractivity contribution in [3.8, 4) is 22.9 Å². The van der Waals surface area contributed by atoms with Crippen LogP contribution in [0.25, 0.3) is 22.4 Å². The van der Waals surface area contributed by atoms with Crippen LogP contribution < -0.4 is 27.3 Å². The number of rotatable bonds is 12. The molecular weight excluding hydrogens is 544 g/mol. The zero-order valence-electron chi connectivity index (χ0n) is 23.4. The summed E-state index contributed by atoms with van der Waals surface area (Å²) in [4.78, 5) is 39.0. The second-order valence-electron chi connectivity index (χ2n) is 9.82. The predicted molar refractivity (Wildman–Crippen MR) is 165 cm³/mol. The Kier molecular flexibility index (Phi) is 8.91. The van der Waals surface area contributed by atoms with Gasteiger partial charge in [0.25, 0.3) is 5.91 Å². The molecule has 0 aliphatic carbocycles. The number of nitrogens with two attached hydrogens (primary N) is 3. The van der Waals surface area contributed by atoms with E-state index in [4.69, 9.17) is 26.9 Å². The van der Waals surface area contributed by atoms with E-state index in [1.165, 1.54) is 0 Å². The molecule has 0 saturated carbocycles. The van der Waals surface area contributed by atoms with Crippen molar-refractivity contribution in [1.82, 2.24) is 19.9 Å². The number of benzene rings is 3. The number of aromatic nitrogens is 3. The molecule has 11 nitrogen and oxygen atoms in total. The van der Waals surface area contributed by atoms with Crippen molar-refractivity contribution in [3.05, 3.63) is 108 Å². The monoisotopic (exact) mass is 576 g/mol. The van der Waals surface area contributed by atoms with Gasteiger partial charge in [0.1, 0.15) is 23.4 Å². The number of aliphatic imine (C=N–C) groups is 1. The van der Waals surface area contributed by atoms with Gasteiger partial charge in [0, 0.05) is 23.9 Å². The quantitative estimate of drug-likeness (QED) is 0.0988. The number of pyridine rings is 1. The van der Waals surface area contributed by atoms with Gasteiger partial charge in [-0.2, -0.15) is 0 Å². The molecule has 0 fully saturated rings. The molecule has 2 heterocycles. The van der Waals surface area contributed by atoms with Gasteiger partial charge in [0.2, 0.25) is 5.91 Å². The Labute approximate surface area is 248 Å². The molecule has 0 bridgehead atoms. The summed E-state index contributed by atoms with van der Waals surface area (Å²) in [6, 6.07) is 26.8. The molecule has 0 unspecified atom stereocenters. The first-order valence-electron chi connectivity index (χ1n) is 13.8. The summed E-state index contributed by atoms with van der Waals surface area (Å²) in [5.41, 5.74) is 19.9. The van der Waals surface area contributed by atoms with Crippen LogP contribution in [0, 0.1) is 0 Å². The zero-order chi connectivity index (χ0) is 30.2. The molecule has 5 aromatic rings. The first-order chi connectivity index (χ1) is 20.9. The number of hydrogen-bond acceptors (Lipinski definition) is 6. The number of nitrogens with zero attached hydrogens (tertiary/aromatic N) is 4. The molecule has 0 spiro atoms. The largest absolute Gasteiger partial charge is 0.457 e. The summed E-state index contributed by atoms with van der Waals surface area (Å²) in [6.45, 7) is 0.625. The van der Waals surface area contributed by atoms with Crippen LogP contribution >= 0.6 is 0 Å². The molecule has 43 heavy (non-hydrogen) atoms. The van der Waals surface area contributed by atoms with E-state index in [-0.39, 0.29) is 18.4 Å². The molecule has 0 aliphatic rings. The lowest BCUT2D eigenvalue weighted by Crippen LogP contribution is -2.27. The average molecular weight is 577 g/mol. The molecule has 5 rings (SSSR count). The number of fused-ring (bicyclic) bond motifs is 1. The van der Waals surface area contributed by atoms with Crippen molar-refractivity contribution in [2.24, 2.45) is 22.2 Å². The second-order valence-corrected chi connectivity index (χ2v) is 9.82. The fraction of sp³-hybridized carbons (Fsp3) is 0.156. The van der Waals surface area contributed by atoms with Gasteiger partial charge in [-0.1, -0.05) is 36.4 Å². The number of guanidine groups is 1. The average Bonchev–Trinajstić information content (AvgIpc) is 3.39. The van der Waals surface area contributed by atoms with E-state index >= 15 is 0 Å².